The zero-order chi connectivity index (χ0) is 12.5. The first-order valence-electron chi connectivity index (χ1n) is 6.27. The maximum atomic E-state index is 5.26. The van der Waals surface area contributed by atoms with Gasteiger partial charge in [-0.25, -0.2) is 0 Å². The van der Waals surface area contributed by atoms with Crippen LogP contribution < -0.4 is 0 Å². The second-order valence-corrected chi connectivity index (χ2v) is 6.38. The Morgan fingerprint density at radius 1 is 1.39 bits per heavy atom. The van der Waals surface area contributed by atoms with Crippen molar-refractivity contribution >= 4 is 11.3 Å². The minimum atomic E-state index is 0.538. The number of hydrogen-bond donors (Lipinski definition) is 0. The van der Waals surface area contributed by atoms with Crippen molar-refractivity contribution < 1.29 is 4.52 Å². The van der Waals surface area contributed by atoms with Crippen molar-refractivity contribution in [1.29, 1.82) is 0 Å². The molecule has 0 unspecified atom stereocenters. The molecule has 0 bridgehead atoms. The lowest BCUT2D eigenvalue weighted by molar-refractivity contribution is 0.302. The van der Waals surface area contributed by atoms with E-state index in [0.717, 1.165) is 24.8 Å². The fraction of sp³-hybridized carbons (Fsp3) is 0.538. The van der Waals surface area contributed by atoms with Gasteiger partial charge < -0.3 is 4.52 Å². The zero-order valence-corrected chi connectivity index (χ0v) is 11.5. The lowest BCUT2D eigenvalue weighted by Gasteiger charge is -2.12. The summed E-state index contributed by atoms with van der Waals surface area (Å²) in [6, 6.07) is 4.34. The Kier molecular flexibility index (Phi) is 3.18. The molecule has 0 spiro atoms. The Morgan fingerprint density at radius 3 is 2.89 bits per heavy atom. The van der Waals surface area contributed by atoms with E-state index >= 15 is 0 Å². The molecule has 1 fully saturated rings. The molecule has 4 nitrogen and oxygen atoms in total. The van der Waals surface area contributed by atoms with Gasteiger partial charge in [0.2, 0.25) is 5.89 Å². The summed E-state index contributed by atoms with van der Waals surface area (Å²) in [6.07, 6.45) is 2.40. The largest absolute Gasteiger partial charge is 0.339 e. The van der Waals surface area contributed by atoms with E-state index < -0.39 is 0 Å². The highest BCUT2D eigenvalue weighted by atomic mass is 32.1. The van der Waals surface area contributed by atoms with E-state index in [1.54, 1.807) is 0 Å². The molecule has 0 atom stereocenters. The molecule has 0 saturated heterocycles. The van der Waals surface area contributed by atoms with Crippen molar-refractivity contribution in [2.45, 2.75) is 38.8 Å². The van der Waals surface area contributed by atoms with Crippen LogP contribution in [0.2, 0.25) is 0 Å². The molecule has 0 amide bonds. The standard InChI is InChI=1S/C13H17N3OS/c1-9-3-6-11(18-9)7-16(2)8-12-14-13(17-15-12)10-4-5-10/h3,6,10H,4-5,7-8H2,1-2H3. The fourth-order valence-corrected chi connectivity index (χ4v) is 2.93. The number of thiophene rings is 1. The van der Waals surface area contributed by atoms with Gasteiger partial charge in [0, 0.05) is 22.2 Å². The van der Waals surface area contributed by atoms with Crippen LogP contribution in [0, 0.1) is 6.92 Å². The maximum absolute atomic E-state index is 5.26. The number of aromatic nitrogens is 2. The molecular weight excluding hydrogens is 246 g/mol. The number of rotatable bonds is 5. The van der Waals surface area contributed by atoms with E-state index in [-0.39, 0.29) is 0 Å². The molecule has 0 radical (unpaired) electrons. The van der Waals surface area contributed by atoms with Crippen molar-refractivity contribution in [1.82, 2.24) is 15.0 Å². The molecule has 1 aliphatic carbocycles. The number of aryl methyl sites for hydroxylation is 1. The first-order chi connectivity index (χ1) is 8.70. The number of hydrogen-bond acceptors (Lipinski definition) is 5. The van der Waals surface area contributed by atoms with E-state index in [1.165, 1.54) is 22.6 Å². The van der Waals surface area contributed by atoms with Gasteiger partial charge in [-0.3, -0.25) is 4.90 Å². The molecule has 0 aliphatic heterocycles. The van der Waals surface area contributed by atoms with Gasteiger partial charge in [0.1, 0.15) is 0 Å². The van der Waals surface area contributed by atoms with Gasteiger partial charge in [0.25, 0.3) is 0 Å². The molecule has 5 heteroatoms. The predicted molar refractivity (Wildman–Crippen MR) is 70.5 cm³/mol. The minimum Gasteiger partial charge on any atom is -0.339 e. The van der Waals surface area contributed by atoms with Crippen molar-refractivity contribution in [3.63, 3.8) is 0 Å². The summed E-state index contributed by atoms with van der Waals surface area (Å²) in [4.78, 5) is 9.39. The van der Waals surface area contributed by atoms with Crippen molar-refractivity contribution in [2.24, 2.45) is 0 Å². The molecule has 1 saturated carbocycles. The summed E-state index contributed by atoms with van der Waals surface area (Å²) in [5.74, 6) is 2.16. The molecule has 1 aliphatic rings. The van der Waals surface area contributed by atoms with Gasteiger partial charge in [-0.1, -0.05) is 5.16 Å². The maximum Gasteiger partial charge on any atom is 0.229 e. The molecule has 3 rings (SSSR count). The van der Waals surface area contributed by atoms with Crippen molar-refractivity contribution in [3.8, 4) is 0 Å². The molecule has 0 aromatic carbocycles. The van der Waals surface area contributed by atoms with Crippen LogP contribution in [0.3, 0.4) is 0 Å². The van der Waals surface area contributed by atoms with E-state index in [0.29, 0.717) is 5.92 Å². The van der Waals surface area contributed by atoms with E-state index in [2.05, 4.69) is 41.1 Å². The Labute approximate surface area is 111 Å². The van der Waals surface area contributed by atoms with Crippen LogP contribution in [-0.2, 0) is 13.1 Å². The van der Waals surface area contributed by atoms with Crippen LogP contribution in [0.15, 0.2) is 16.7 Å². The van der Waals surface area contributed by atoms with E-state index in [1.807, 2.05) is 11.3 Å². The Morgan fingerprint density at radius 2 is 2.22 bits per heavy atom. The third-order valence-corrected chi connectivity index (χ3v) is 4.03. The summed E-state index contributed by atoms with van der Waals surface area (Å²) in [6.45, 7) is 3.81. The molecule has 96 valence electrons. The third-order valence-electron chi connectivity index (χ3n) is 3.04. The summed E-state index contributed by atoms with van der Waals surface area (Å²) < 4.78 is 5.26. The Balaban J connectivity index is 1.57. The first kappa shape index (κ1) is 11.9. The first-order valence-corrected chi connectivity index (χ1v) is 7.08. The Bertz CT molecular complexity index is 530. The highest BCUT2D eigenvalue weighted by Gasteiger charge is 2.29. The second-order valence-electron chi connectivity index (χ2n) is 5.01. The third kappa shape index (κ3) is 2.79. The van der Waals surface area contributed by atoms with Crippen LogP contribution in [0.25, 0.3) is 0 Å². The SMILES string of the molecule is Cc1ccc(CN(C)Cc2noc(C3CC3)n2)s1. The summed E-state index contributed by atoms with van der Waals surface area (Å²) >= 11 is 1.84. The molecule has 2 aromatic heterocycles. The fourth-order valence-electron chi connectivity index (χ4n) is 1.96. The monoisotopic (exact) mass is 263 g/mol. The lowest BCUT2D eigenvalue weighted by Crippen LogP contribution is -2.17. The quantitative estimate of drug-likeness (QED) is 0.831. The van der Waals surface area contributed by atoms with Gasteiger partial charge in [-0.15, -0.1) is 11.3 Å². The highest BCUT2D eigenvalue weighted by molar-refractivity contribution is 7.11. The zero-order valence-electron chi connectivity index (χ0n) is 10.7. The van der Waals surface area contributed by atoms with Gasteiger partial charge in [-0.2, -0.15) is 4.98 Å². The molecule has 2 aromatic rings. The topological polar surface area (TPSA) is 42.2 Å². The average molecular weight is 263 g/mol. The minimum absolute atomic E-state index is 0.538. The van der Waals surface area contributed by atoms with Gasteiger partial charge in [-0.05, 0) is 38.9 Å². The van der Waals surface area contributed by atoms with Gasteiger partial charge in [0.05, 0.1) is 6.54 Å². The molecule has 18 heavy (non-hydrogen) atoms. The summed E-state index contributed by atoms with van der Waals surface area (Å²) in [5.41, 5.74) is 0. The van der Waals surface area contributed by atoms with Crippen LogP contribution in [-0.4, -0.2) is 22.1 Å². The van der Waals surface area contributed by atoms with Crippen molar-refractivity contribution in [3.05, 3.63) is 33.6 Å². The molecule has 2 heterocycles. The smallest absolute Gasteiger partial charge is 0.229 e. The van der Waals surface area contributed by atoms with Crippen LogP contribution >= 0.6 is 11.3 Å². The summed E-state index contributed by atoms with van der Waals surface area (Å²) in [7, 11) is 2.09. The molecular formula is C13H17N3OS. The van der Waals surface area contributed by atoms with Crippen LogP contribution in [0.4, 0.5) is 0 Å². The van der Waals surface area contributed by atoms with Crippen LogP contribution in [0.5, 0.6) is 0 Å². The van der Waals surface area contributed by atoms with Gasteiger partial charge >= 0.3 is 0 Å². The second kappa shape index (κ2) is 4.82. The summed E-state index contributed by atoms with van der Waals surface area (Å²) in [5, 5.41) is 4.04. The Hall–Kier alpha value is -1.20. The van der Waals surface area contributed by atoms with Crippen molar-refractivity contribution in [2.75, 3.05) is 7.05 Å². The highest BCUT2D eigenvalue weighted by Crippen LogP contribution is 2.38. The van der Waals surface area contributed by atoms with E-state index in [4.69, 9.17) is 4.52 Å². The van der Waals surface area contributed by atoms with Gasteiger partial charge in [0.15, 0.2) is 5.82 Å². The average Bonchev–Trinajstić information content (AvgIpc) is 2.95. The molecule has 0 N–H and O–H groups in total. The number of nitrogens with zero attached hydrogens (tertiary/aromatic N) is 3. The van der Waals surface area contributed by atoms with Crippen LogP contribution in [0.1, 0.15) is 40.2 Å². The van der Waals surface area contributed by atoms with E-state index in [9.17, 15) is 0 Å². The lowest BCUT2D eigenvalue weighted by atomic mass is 10.4. The normalized spacial score (nSPS) is 15.5. The predicted octanol–water partition coefficient (Wildman–Crippen LogP) is 2.95.